The van der Waals surface area contributed by atoms with Crippen LogP contribution in [0.15, 0.2) is 42.0 Å². The second-order valence-electron chi connectivity index (χ2n) is 4.46. The van der Waals surface area contributed by atoms with E-state index in [1.54, 1.807) is 4.90 Å². The van der Waals surface area contributed by atoms with Crippen molar-refractivity contribution in [3.8, 4) is 0 Å². The molecule has 1 amide bonds. The highest BCUT2D eigenvalue weighted by Gasteiger charge is 2.18. The van der Waals surface area contributed by atoms with Gasteiger partial charge >= 0.3 is 6.09 Å². The number of nitrogens with zero attached hydrogens (tertiary/aromatic N) is 1. The normalized spacial score (nSPS) is 14.7. The quantitative estimate of drug-likeness (QED) is 0.779. The fourth-order valence-electron chi connectivity index (χ4n) is 2.00. The third-order valence-corrected chi connectivity index (χ3v) is 3.05. The highest BCUT2D eigenvalue weighted by atomic mass is 16.6. The van der Waals surface area contributed by atoms with E-state index in [2.05, 4.69) is 0 Å². The van der Waals surface area contributed by atoms with E-state index in [-0.39, 0.29) is 6.09 Å². The zero-order chi connectivity index (χ0) is 13.5. The van der Waals surface area contributed by atoms with Gasteiger partial charge in [-0.25, -0.2) is 4.79 Å². The molecular weight excluding hydrogens is 242 g/mol. The summed E-state index contributed by atoms with van der Waals surface area (Å²) < 4.78 is 5.22. The molecule has 100 valence electrons. The average Bonchev–Trinajstić information content (AvgIpc) is 2.48. The lowest BCUT2D eigenvalue weighted by Gasteiger charge is -2.24. The second-order valence-corrected chi connectivity index (χ2v) is 4.46. The summed E-state index contributed by atoms with van der Waals surface area (Å²) in [5.74, 6) is 0. The summed E-state index contributed by atoms with van der Waals surface area (Å²) in [7, 11) is 0. The number of amides is 1. The maximum absolute atomic E-state index is 11.8. The van der Waals surface area contributed by atoms with Crippen LogP contribution in [0, 0.1) is 0 Å². The Labute approximate surface area is 112 Å². The van der Waals surface area contributed by atoms with E-state index in [0.29, 0.717) is 38.1 Å². The van der Waals surface area contributed by atoms with Crippen LogP contribution in [-0.4, -0.2) is 37.0 Å². The van der Waals surface area contributed by atoms with Crippen LogP contribution in [0.1, 0.15) is 12.0 Å². The third-order valence-electron chi connectivity index (χ3n) is 3.05. The summed E-state index contributed by atoms with van der Waals surface area (Å²) in [6.45, 7) is 1.33. The van der Waals surface area contributed by atoms with Crippen LogP contribution in [0.4, 0.5) is 4.79 Å². The Balaban J connectivity index is 1.76. The van der Waals surface area contributed by atoms with Gasteiger partial charge in [0.2, 0.25) is 0 Å². The first-order chi connectivity index (χ1) is 9.29. The van der Waals surface area contributed by atoms with Gasteiger partial charge in [0, 0.05) is 18.5 Å². The molecule has 0 aromatic heterocycles. The number of hydrogen-bond donors (Lipinski definition) is 0. The standard InChI is InChI=1S/C15H17NO3/c17-12-14-7-4-9-16(11-14)15(18)19-10-8-13-5-2-1-3-6-13/h1-3,5-7,12H,4,8-11H2. The summed E-state index contributed by atoms with van der Waals surface area (Å²) in [6, 6.07) is 9.88. The number of rotatable bonds is 4. The van der Waals surface area contributed by atoms with Crippen molar-refractivity contribution < 1.29 is 14.3 Å². The molecule has 0 atom stereocenters. The Morgan fingerprint density at radius 1 is 1.32 bits per heavy atom. The van der Waals surface area contributed by atoms with E-state index in [4.69, 9.17) is 4.74 Å². The fourth-order valence-corrected chi connectivity index (χ4v) is 2.00. The van der Waals surface area contributed by atoms with Crippen molar-refractivity contribution in [3.63, 3.8) is 0 Å². The summed E-state index contributed by atoms with van der Waals surface area (Å²) in [5, 5.41) is 0. The summed E-state index contributed by atoms with van der Waals surface area (Å²) >= 11 is 0. The highest BCUT2D eigenvalue weighted by molar-refractivity contribution is 5.77. The van der Waals surface area contributed by atoms with Gasteiger partial charge < -0.3 is 9.64 Å². The first-order valence-corrected chi connectivity index (χ1v) is 6.39. The largest absolute Gasteiger partial charge is 0.449 e. The van der Waals surface area contributed by atoms with Crippen LogP contribution < -0.4 is 0 Å². The number of aldehydes is 1. The van der Waals surface area contributed by atoms with Gasteiger partial charge in [0.15, 0.2) is 0 Å². The molecule has 1 aliphatic rings. The van der Waals surface area contributed by atoms with E-state index >= 15 is 0 Å². The molecule has 2 rings (SSSR count). The van der Waals surface area contributed by atoms with Crippen molar-refractivity contribution in [1.29, 1.82) is 0 Å². The molecule has 1 aromatic carbocycles. The lowest BCUT2D eigenvalue weighted by Crippen LogP contribution is -2.36. The molecule has 0 unspecified atom stereocenters. The van der Waals surface area contributed by atoms with Crippen molar-refractivity contribution in [2.75, 3.05) is 19.7 Å². The predicted octanol–water partition coefficient (Wildman–Crippen LogP) is 2.20. The zero-order valence-corrected chi connectivity index (χ0v) is 10.7. The topological polar surface area (TPSA) is 46.6 Å². The van der Waals surface area contributed by atoms with Crippen molar-refractivity contribution >= 4 is 12.4 Å². The third kappa shape index (κ3) is 3.95. The first kappa shape index (κ1) is 13.3. The molecule has 1 heterocycles. The Morgan fingerprint density at radius 2 is 2.11 bits per heavy atom. The van der Waals surface area contributed by atoms with Crippen molar-refractivity contribution in [1.82, 2.24) is 4.90 Å². The lowest BCUT2D eigenvalue weighted by atomic mass is 10.1. The van der Waals surface area contributed by atoms with Gasteiger partial charge in [0.1, 0.15) is 6.29 Å². The van der Waals surface area contributed by atoms with Gasteiger partial charge in [0.05, 0.1) is 13.2 Å². The van der Waals surface area contributed by atoms with E-state index in [1.807, 2.05) is 36.4 Å². The molecule has 0 N–H and O–H groups in total. The Kier molecular flexibility index (Phi) is 4.72. The van der Waals surface area contributed by atoms with Gasteiger partial charge in [-0.3, -0.25) is 4.79 Å². The van der Waals surface area contributed by atoms with E-state index < -0.39 is 0 Å². The Morgan fingerprint density at radius 3 is 2.84 bits per heavy atom. The summed E-state index contributed by atoms with van der Waals surface area (Å²) in [6.07, 6.45) is 3.73. The number of ether oxygens (including phenoxy) is 1. The molecule has 1 aliphatic heterocycles. The van der Waals surface area contributed by atoms with Crippen LogP contribution >= 0.6 is 0 Å². The maximum atomic E-state index is 11.8. The average molecular weight is 259 g/mol. The van der Waals surface area contributed by atoms with Gasteiger partial charge in [-0.15, -0.1) is 0 Å². The molecule has 0 aliphatic carbocycles. The molecule has 0 bridgehead atoms. The molecule has 4 nitrogen and oxygen atoms in total. The number of hydrogen-bond acceptors (Lipinski definition) is 3. The molecule has 0 radical (unpaired) electrons. The second kappa shape index (κ2) is 6.73. The molecule has 1 aromatic rings. The molecule has 19 heavy (non-hydrogen) atoms. The van der Waals surface area contributed by atoms with Crippen molar-refractivity contribution in [2.45, 2.75) is 12.8 Å². The maximum Gasteiger partial charge on any atom is 0.410 e. The van der Waals surface area contributed by atoms with Gasteiger partial charge in [-0.2, -0.15) is 0 Å². The zero-order valence-electron chi connectivity index (χ0n) is 10.7. The monoisotopic (exact) mass is 259 g/mol. The fraction of sp³-hybridized carbons (Fsp3) is 0.333. The molecule has 0 saturated heterocycles. The minimum absolute atomic E-state index is 0.344. The highest BCUT2D eigenvalue weighted by Crippen LogP contribution is 2.09. The molecule has 0 saturated carbocycles. The Hall–Kier alpha value is -2.10. The van der Waals surface area contributed by atoms with Crippen molar-refractivity contribution in [3.05, 3.63) is 47.5 Å². The smallest absolute Gasteiger partial charge is 0.410 e. The van der Waals surface area contributed by atoms with Gasteiger partial charge in [0.25, 0.3) is 0 Å². The SMILES string of the molecule is O=CC1=CCCN(C(=O)OCCc2ccccc2)C1. The number of benzene rings is 1. The first-order valence-electron chi connectivity index (χ1n) is 6.39. The Bertz CT molecular complexity index is 468. The molecular formula is C15H17NO3. The van der Waals surface area contributed by atoms with Crippen LogP contribution in [0.5, 0.6) is 0 Å². The van der Waals surface area contributed by atoms with Gasteiger partial charge in [-0.05, 0) is 12.0 Å². The minimum Gasteiger partial charge on any atom is -0.449 e. The van der Waals surface area contributed by atoms with Crippen molar-refractivity contribution in [2.24, 2.45) is 0 Å². The molecule has 4 heteroatoms. The van der Waals surface area contributed by atoms with Crippen LogP contribution in [0.3, 0.4) is 0 Å². The number of carbonyl (C=O) groups excluding carboxylic acids is 2. The van der Waals surface area contributed by atoms with Crippen LogP contribution in [0.2, 0.25) is 0 Å². The van der Waals surface area contributed by atoms with Crippen LogP contribution in [-0.2, 0) is 16.0 Å². The van der Waals surface area contributed by atoms with Crippen LogP contribution in [0.25, 0.3) is 0 Å². The van der Waals surface area contributed by atoms with E-state index in [1.165, 1.54) is 0 Å². The minimum atomic E-state index is -0.344. The predicted molar refractivity (Wildman–Crippen MR) is 71.8 cm³/mol. The van der Waals surface area contributed by atoms with Gasteiger partial charge in [-0.1, -0.05) is 36.4 Å². The molecule has 0 fully saturated rings. The summed E-state index contributed by atoms with van der Waals surface area (Å²) in [4.78, 5) is 24.1. The summed E-state index contributed by atoms with van der Waals surface area (Å²) in [5.41, 5.74) is 1.79. The number of carbonyl (C=O) groups is 2. The molecule has 0 spiro atoms. The lowest BCUT2D eigenvalue weighted by molar-refractivity contribution is -0.105. The van der Waals surface area contributed by atoms with E-state index in [9.17, 15) is 9.59 Å². The van der Waals surface area contributed by atoms with E-state index in [0.717, 1.165) is 11.8 Å².